The Kier molecular flexibility index (Phi) is 21.1. The average molecular weight is 845 g/mol. The topological polar surface area (TPSA) is 279 Å². The van der Waals surface area contributed by atoms with Crippen molar-refractivity contribution in [2.45, 2.75) is 103 Å². The molecule has 59 heavy (non-hydrogen) atoms. The smallest absolute Gasteiger partial charge is 0.254 e. The number of primary amides is 1. The maximum absolute atomic E-state index is 14.1. The summed E-state index contributed by atoms with van der Waals surface area (Å²) < 4.78 is 0. The predicted molar refractivity (Wildman–Crippen MR) is 223 cm³/mol. The van der Waals surface area contributed by atoms with E-state index in [-0.39, 0.29) is 16.9 Å². The first-order valence-electron chi connectivity index (χ1n) is 19.7. The molecule has 0 radical (unpaired) electrons. The van der Waals surface area contributed by atoms with Gasteiger partial charge in [0.1, 0.15) is 24.4 Å². The molecule has 3 rings (SSSR count). The molecule has 0 bridgehead atoms. The second kappa shape index (κ2) is 25.1. The Labute approximate surface area is 349 Å². The molecular formula is C39H60N10O9S. The Morgan fingerprint density at radius 2 is 1.56 bits per heavy atom. The number of anilines is 1. The van der Waals surface area contributed by atoms with Crippen LogP contribution in [0, 0.1) is 11.8 Å². The molecular weight excluding hydrogens is 785 g/mol. The summed E-state index contributed by atoms with van der Waals surface area (Å²) >= 11 is 0.666. The highest BCUT2D eigenvalue weighted by molar-refractivity contribution is 8.04. The highest BCUT2D eigenvalue weighted by atomic mass is 32.2. The molecule has 0 spiro atoms. The maximum atomic E-state index is 14.1. The number of nitrogens with zero attached hydrogens (tertiary/aromatic N) is 1. The third-order valence-electron chi connectivity index (χ3n) is 9.36. The van der Waals surface area contributed by atoms with Crippen LogP contribution in [0.15, 0.2) is 41.4 Å². The number of carbonyl (C=O) groups is 9. The van der Waals surface area contributed by atoms with Crippen molar-refractivity contribution in [3.8, 4) is 0 Å². The molecule has 2 aliphatic rings. The van der Waals surface area contributed by atoms with Crippen molar-refractivity contribution in [3.63, 3.8) is 0 Å². The third-order valence-corrected chi connectivity index (χ3v) is 10.4. The number of benzene rings is 1. The Bertz CT molecular complexity index is 1680. The van der Waals surface area contributed by atoms with Gasteiger partial charge in [-0.05, 0) is 56.5 Å². The Hall–Kier alpha value is -5.50. The molecule has 0 saturated carbocycles. The largest absolute Gasteiger partial charge is 0.370 e. The molecule has 20 heteroatoms. The number of nitrogens with two attached hydrogens (primary N) is 1. The van der Waals surface area contributed by atoms with Gasteiger partial charge in [0.15, 0.2) is 5.37 Å². The minimum atomic E-state index is -1.57. The van der Waals surface area contributed by atoms with E-state index >= 15 is 0 Å². The van der Waals surface area contributed by atoms with Gasteiger partial charge >= 0.3 is 0 Å². The predicted octanol–water partition coefficient (Wildman–Crippen LogP) is -0.803. The standard InChI is InChI=1S/C37H54N10O9S.C2H6/c1-6-21(4)31(46-33(53)25-13-10-14-47(25)5)35(55)43-24-16-29(41-22-11-8-7-9-12-22)57-37(36(56)42-23(19-48)15-26(38)49)45-28(51)18-40-34(54)30(20(2)3)44-27(50)17-39-32(24)52;1-2/h7-9,11-12,16,19-21,23-25,30-31,37,41H,6,10,13-15,17-18H2,1-5H3,(H2,38,49)(H,39,52)(H,40,54)(H,42,56)(H,43,55)(H,44,50)(H,45,51)(H,46,53);1-2H3/b29-16+;/t21?,23?,24?,25?,30-,31?,37?;/m0./s1. The van der Waals surface area contributed by atoms with Crippen LogP contribution in [0.25, 0.3) is 0 Å². The first-order chi connectivity index (χ1) is 28.0. The van der Waals surface area contributed by atoms with Crippen molar-refractivity contribution in [2.24, 2.45) is 17.6 Å². The van der Waals surface area contributed by atoms with E-state index in [4.69, 9.17) is 5.73 Å². The van der Waals surface area contributed by atoms with Crippen LogP contribution in [0.2, 0.25) is 0 Å². The van der Waals surface area contributed by atoms with Gasteiger partial charge in [0, 0.05) is 5.69 Å². The Morgan fingerprint density at radius 3 is 2.12 bits per heavy atom. The van der Waals surface area contributed by atoms with Crippen LogP contribution >= 0.6 is 11.8 Å². The Morgan fingerprint density at radius 1 is 0.932 bits per heavy atom. The van der Waals surface area contributed by atoms with Gasteiger partial charge in [-0.15, -0.1) is 0 Å². The number of thioether (sulfide) groups is 1. The lowest BCUT2D eigenvalue weighted by Gasteiger charge is -2.28. The van der Waals surface area contributed by atoms with Gasteiger partial charge in [-0.25, -0.2) is 0 Å². The number of para-hydroxylation sites is 1. The molecule has 1 aromatic carbocycles. The molecule has 0 aromatic heterocycles. The van der Waals surface area contributed by atoms with Crippen LogP contribution in [-0.4, -0.2) is 121 Å². The van der Waals surface area contributed by atoms with E-state index in [0.717, 1.165) is 13.0 Å². The lowest BCUT2D eigenvalue weighted by atomic mass is 9.97. The summed E-state index contributed by atoms with van der Waals surface area (Å²) in [5, 5.41) is 19.4. The van der Waals surface area contributed by atoms with Crippen molar-refractivity contribution >= 4 is 71.0 Å². The minimum absolute atomic E-state index is 0.0248. The second-order valence-corrected chi connectivity index (χ2v) is 15.4. The lowest BCUT2D eigenvalue weighted by molar-refractivity contribution is -0.134. The Balaban J connectivity index is 0.00000590. The summed E-state index contributed by atoms with van der Waals surface area (Å²) in [4.78, 5) is 120. The molecule has 10 N–H and O–H groups in total. The van der Waals surface area contributed by atoms with Gasteiger partial charge in [0.05, 0.1) is 36.6 Å². The van der Waals surface area contributed by atoms with E-state index in [2.05, 4.69) is 42.5 Å². The quantitative estimate of drug-likeness (QED) is 0.104. The number of likely N-dealkylation sites (N-methyl/N-ethyl adjacent to an activating group) is 1. The van der Waals surface area contributed by atoms with Gasteiger partial charge in [-0.3, -0.25) is 43.3 Å². The minimum Gasteiger partial charge on any atom is -0.370 e. The highest BCUT2D eigenvalue weighted by Crippen LogP contribution is 2.25. The fourth-order valence-electron chi connectivity index (χ4n) is 5.94. The van der Waals surface area contributed by atoms with Crippen molar-refractivity contribution < 1.29 is 43.2 Å². The lowest BCUT2D eigenvalue weighted by Crippen LogP contribution is -2.58. The normalized spacial score (nSPS) is 23.2. The molecule has 1 aromatic rings. The summed E-state index contributed by atoms with van der Waals surface area (Å²) in [7, 11) is 1.82. The number of hydrogen-bond donors (Lipinski definition) is 9. The molecule has 7 atom stereocenters. The summed E-state index contributed by atoms with van der Waals surface area (Å²) in [5.41, 5.74) is 5.70. The molecule has 6 unspecified atom stereocenters. The number of rotatable bonds is 14. The number of amides is 8. The first-order valence-corrected chi connectivity index (χ1v) is 20.6. The SMILES string of the molecule is CC.CCC(C)C(NC(=O)C1CCCN1C)C(=O)NC1/C=C(\Nc2ccccc2)SC(C(=O)NC(C=O)CC(N)=O)NC(=O)CNC(=O)[C@H](C(C)C)NC(=O)CNC1=O. The number of nitrogens with one attached hydrogen (secondary N) is 8. The number of hydrogen-bond acceptors (Lipinski definition) is 12. The monoisotopic (exact) mass is 844 g/mol. The van der Waals surface area contributed by atoms with Crippen molar-refractivity contribution in [2.75, 3.05) is 32.0 Å². The highest BCUT2D eigenvalue weighted by Gasteiger charge is 2.35. The zero-order chi connectivity index (χ0) is 44.2. The van der Waals surface area contributed by atoms with Crippen LogP contribution in [0.1, 0.15) is 67.2 Å². The molecule has 1 saturated heterocycles. The van der Waals surface area contributed by atoms with E-state index in [9.17, 15) is 43.2 Å². The van der Waals surface area contributed by atoms with E-state index in [1.165, 1.54) is 6.08 Å². The van der Waals surface area contributed by atoms with Crippen LogP contribution in [0.4, 0.5) is 5.69 Å². The molecule has 1 fully saturated rings. The fraction of sp³-hybridized carbons (Fsp3) is 0.564. The molecule has 2 aliphatic heterocycles. The molecule has 326 valence electrons. The first kappa shape index (κ1) is 49.6. The third kappa shape index (κ3) is 16.3. The van der Waals surface area contributed by atoms with Gasteiger partial charge in [-0.2, -0.15) is 0 Å². The van der Waals surface area contributed by atoms with Crippen LogP contribution < -0.4 is 48.3 Å². The van der Waals surface area contributed by atoms with E-state index < -0.39 is 102 Å². The van der Waals surface area contributed by atoms with Gasteiger partial charge in [0.2, 0.25) is 41.4 Å². The zero-order valence-corrected chi connectivity index (χ0v) is 35.5. The van der Waals surface area contributed by atoms with Gasteiger partial charge < -0.3 is 53.1 Å². The van der Waals surface area contributed by atoms with Crippen molar-refractivity contribution in [1.82, 2.24) is 42.1 Å². The van der Waals surface area contributed by atoms with Crippen LogP contribution in [-0.2, 0) is 43.2 Å². The summed E-state index contributed by atoms with van der Waals surface area (Å²) in [6.45, 7) is 10.4. The average Bonchev–Trinajstić information content (AvgIpc) is 3.64. The van der Waals surface area contributed by atoms with E-state index in [0.29, 0.717) is 36.6 Å². The van der Waals surface area contributed by atoms with Crippen LogP contribution in [0.3, 0.4) is 0 Å². The molecule has 8 amide bonds. The van der Waals surface area contributed by atoms with Gasteiger partial charge in [-0.1, -0.05) is 77.9 Å². The van der Waals surface area contributed by atoms with E-state index in [1.807, 2.05) is 32.7 Å². The van der Waals surface area contributed by atoms with Gasteiger partial charge in [0.25, 0.3) is 5.91 Å². The van der Waals surface area contributed by atoms with Crippen molar-refractivity contribution in [1.29, 1.82) is 0 Å². The maximum Gasteiger partial charge on any atom is 0.254 e. The van der Waals surface area contributed by atoms with E-state index in [1.54, 1.807) is 51.1 Å². The number of aldehydes is 1. The zero-order valence-electron chi connectivity index (χ0n) is 34.7. The summed E-state index contributed by atoms with van der Waals surface area (Å²) in [6.07, 6.45) is 2.94. The number of carbonyl (C=O) groups excluding carboxylic acids is 9. The molecule has 19 nitrogen and oxygen atoms in total. The number of likely N-dealkylation sites (tertiary alicyclic amines) is 1. The van der Waals surface area contributed by atoms with Crippen molar-refractivity contribution in [3.05, 3.63) is 41.4 Å². The summed E-state index contributed by atoms with van der Waals surface area (Å²) in [6, 6.07) is 2.92. The fourth-order valence-corrected chi connectivity index (χ4v) is 6.95. The van der Waals surface area contributed by atoms with Crippen LogP contribution in [0.5, 0.6) is 0 Å². The molecule has 0 aliphatic carbocycles. The second-order valence-electron chi connectivity index (χ2n) is 14.2. The summed E-state index contributed by atoms with van der Waals surface area (Å²) in [5.74, 6) is -6.90. The molecule has 2 heterocycles.